The molecule has 0 bridgehead atoms. The van der Waals surface area contributed by atoms with Crippen molar-refractivity contribution in [1.82, 2.24) is 5.32 Å². The van der Waals surface area contributed by atoms with Gasteiger partial charge in [0.2, 0.25) is 0 Å². The fraction of sp³-hybridized carbons (Fsp3) is 0.333. The Kier molecular flexibility index (Phi) is 5.56. The highest BCUT2D eigenvalue weighted by Gasteiger charge is 2.22. The van der Waals surface area contributed by atoms with E-state index in [0.29, 0.717) is 21.2 Å². The molecule has 1 unspecified atom stereocenters. The largest absolute Gasteiger partial charge is 0.493 e. The average Bonchev–Trinajstić information content (AvgIpc) is 2.91. The summed E-state index contributed by atoms with van der Waals surface area (Å²) in [7, 11) is 3.18. The average molecular weight is 375 g/mol. The zero-order valence-corrected chi connectivity index (χ0v) is 14.4. The second-order valence-electron chi connectivity index (χ2n) is 4.36. The standard InChI is InChI=1S/C15H17BrClNO3/c1-4-18-15(11-5-6-14(16)21-11)9-7-12(19-2)13(20-3)8-10(9)17/h5-8,15,18H,4H2,1-3H3. The van der Waals surface area contributed by atoms with Crippen LogP contribution in [0.5, 0.6) is 11.5 Å². The van der Waals surface area contributed by atoms with Crippen LogP contribution in [0.2, 0.25) is 5.02 Å². The highest BCUT2D eigenvalue weighted by atomic mass is 79.9. The van der Waals surface area contributed by atoms with Crippen molar-refractivity contribution in [2.24, 2.45) is 0 Å². The zero-order chi connectivity index (χ0) is 15.4. The van der Waals surface area contributed by atoms with Crippen molar-refractivity contribution in [3.63, 3.8) is 0 Å². The van der Waals surface area contributed by atoms with Gasteiger partial charge in [0.25, 0.3) is 0 Å². The van der Waals surface area contributed by atoms with E-state index in [2.05, 4.69) is 21.2 Å². The minimum absolute atomic E-state index is 0.159. The molecule has 2 aromatic rings. The van der Waals surface area contributed by atoms with Crippen LogP contribution < -0.4 is 14.8 Å². The molecule has 114 valence electrons. The number of nitrogens with one attached hydrogen (secondary N) is 1. The first-order chi connectivity index (χ1) is 10.1. The van der Waals surface area contributed by atoms with Crippen LogP contribution in [-0.2, 0) is 0 Å². The molecular weight excluding hydrogens is 358 g/mol. The molecule has 21 heavy (non-hydrogen) atoms. The topological polar surface area (TPSA) is 43.6 Å². The second-order valence-corrected chi connectivity index (χ2v) is 5.55. The third-order valence-electron chi connectivity index (χ3n) is 3.10. The summed E-state index contributed by atoms with van der Waals surface area (Å²) in [5.41, 5.74) is 0.873. The number of ether oxygens (including phenoxy) is 2. The Balaban J connectivity index is 2.49. The molecule has 0 radical (unpaired) electrons. The molecule has 0 fully saturated rings. The quantitative estimate of drug-likeness (QED) is 0.813. The van der Waals surface area contributed by atoms with Gasteiger partial charge in [-0.15, -0.1) is 0 Å². The monoisotopic (exact) mass is 373 g/mol. The van der Waals surface area contributed by atoms with Crippen LogP contribution in [0.4, 0.5) is 0 Å². The summed E-state index contributed by atoms with van der Waals surface area (Å²) in [5.74, 6) is 2.00. The third kappa shape index (κ3) is 3.54. The van der Waals surface area contributed by atoms with Gasteiger partial charge >= 0.3 is 0 Å². The lowest BCUT2D eigenvalue weighted by Gasteiger charge is -2.19. The molecule has 0 saturated carbocycles. The molecule has 1 N–H and O–H groups in total. The number of hydrogen-bond acceptors (Lipinski definition) is 4. The van der Waals surface area contributed by atoms with Crippen molar-refractivity contribution < 1.29 is 13.9 Å². The molecule has 4 nitrogen and oxygen atoms in total. The van der Waals surface area contributed by atoms with Crippen molar-refractivity contribution >= 4 is 27.5 Å². The summed E-state index contributed by atoms with van der Waals surface area (Å²) in [6.45, 7) is 2.80. The van der Waals surface area contributed by atoms with E-state index >= 15 is 0 Å². The first-order valence-corrected chi connectivity index (χ1v) is 7.67. The van der Waals surface area contributed by atoms with Gasteiger partial charge in [0.1, 0.15) is 5.76 Å². The van der Waals surface area contributed by atoms with Gasteiger partial charge in [-0.1, -0.05) is 18.5 Å². The van der Waals surface area contributed by atoms with E-state index < -0.39 is 0 Å². The van der Waals surface area contributed by atoms with Gasteiger partial charge in [-0.2, -0.15) is 0 Å². The molecule has 1 aromatic carbocycles. The maximum Gasteiger partial charge on any atom is 0.169 e. The number of benzene rings is 1. The highest BCUT2D eigenvalue weighted by Crippen LogP contribution is 2.38. The smallest absolute Gasteiger partial charge is 0.169 e. The summed E-state index contributed by atoms with van der Waals surface area (Å²) in [5, 5.41) is 3.95. The van der Waals surface area contributed by atoms with Crippen LogP contribution in [0.3, 0.4) is 0 Å². The molecular formula is C15H17BrClNO3. The van der Waals surface area contributed by atoms with Crippen LogP contribution >= 0.6 is 27.5 Å². The van der Waals surface area contributed by atoms with E-state index in [4.69, 9.17) is 25.5 Å². The van der Waals surface area contributed by atoms with Gasteiger partial charge < -0.3 is 19.2 Å². The molecule has 1 aromatic heterocycles. The van der Waals surface area contributed by atoms with E-state index in [1.54, 1.807) is 20.3 Å². The van der Waals surface area contributed by atoms with Crippen LogP contribution in [0.25, 0.3) is 0 Å². The molecule has 0 spiro atoms. The van der Waals surface area contributed by atoms with Crippen molar-refractivity contribution in [1.29, 1.82) is 0 Å². The summed E-state index contributed by atoms with van der Waals surface area (Å²) in [6.07, 6.45) is 0. The number of furan rings is 1. The molecule has 6 heteroatoms. The summed E-state index contributed by atoms with van der Waals surface area (Å²) in [6, 6.07) is 7.22. The van der Waals surface area contributed by atoms with Crippen LogP contribution in [-0.4, -0.2) is 20.8 Å². The van der Waals surface area contributed by atoms with Crippen LogP contribution in [0.1, 0.15) is 24.3 Å². The fourth-order valence-electron chi connectivity index (χ4n) is 2.14. The molecule has 0 aliphatic carbocycles. The maximum absolute atomic E-state index is 6.40. The number of halogens is 2. The van der Waals surface area contributed by atoms with Gasteiger partial charge in [0.05, 0.1) is 20.3 Å². The van der Waals surface area contributed by atoms with Crippen molar-refractivity contribution in [3.8, 4) is 11.5 Å². The Morgan fingerprint density at radius 3 is 2.43 bits per heavy atom. The molecule has 2 rings (SSSR count). The number of methoxy groups -OCH3 is 2. The Labute approximate surface area is 137 Å². The minimum atomic E-state index is -0.159. The van der Waals surface area contributed by atoms with E-state index in [1.807, 2.05) is 25.1 Å². The van der Waals surface area contributed by atoms with Gasteiger partial charge in [0.15, 0.2) is 16.2 Å². The predicted octanol–water partition coefficient (Wildman–Crippen LogP) is 4.41. The molecule has 0 aliphatic heterocycles. The lowest BCUT2D eigenvalue weighted by atomic mass is 10.0. The molecule has 1 atom stereocenters. The molecule has 0 amide bonds. The predicted molar refractivity (Wildman–Crippen MR) is 86.5 cm³/mol. The Hall–Kier alpha value is -1.17. The number of rotatable bonds is 6. The SMILES string of the molecule is CCNC(c1ccc(Br)o1)c1cc(OC)c(OC)cc1Cl. The molecule has 0 aliphatic rings. The van der Waals surface area contributed by atoms with Gasteiger partial charge in [0, 0.05) is 11.1 Å². The zero-order valence-electron chi connectivity index (χ0n) is 12.1. The molecule has 0 saturated heterocycles. The number of hydrogen-bond donors (Lipinski definition) is 1. The Bertz CT molecular complexity index is 615. The van der Waals surface area contributed by atoms with Crippen molar-refractivity contribution in [2.75, 3.05) is 20.8 Å². The van der Waals surface area contributed by atoms with E-state index in [1.165, 1.54) is 0 Å². The first kappa shape index (κ1) is 16.2. The van der Waals surface area contributed by atoms with Crippen LogP contribution in [0, 0.1) is 0 Å². The van der Waals surface area contributed by atoms with E-state index in [0.717, 1.165) is 17.9 Å². The lowest BCUT2D eigenvalue weighted by Crippen LogP contribution is -2.22. The van der Waals surface area contributed by atoms with Gasteiger partial charge in [-0.3, -0.25) is 0 Å². The van der Waals surface area contributed by atoms with Crippen molar-refractivity contribution in [2.45, 2.75) is 13.0 Å². The molecule has 1 heterocycles. The van der Waals surface area contributed by atoms with Gasteiger partial charge in [-0.25, -0.2) is 0 Å². The second kappa shape index (κ2) is 7.20. The summed E-state index contributed by atoms with van der Waals surface area (Å²) in [4.78, 5) is 0. The first-order valence-electron chi connectivity index (χ1n) is 6.50. The Morgan fingerprint density at radius 2 is 1.90 bits per heavy atom. The third-order valence-corrected chi connectivity index (χ3v) is 3.85. The van der Waals surface area contributed by atoms with E-state index in [9.17, 15) is 0 Å². The van der Waals surface area contributed by atoms with Gasteiger partial charge in [-0.05, 0) is 46.2 Å². The summed E-state index contributed by atoms with van der Waals surface area (Å²) < 4.78 is 16.9. The summed E-state index contributed by atoms with van der Waals surface area (Å²) >= 11 is 9.72. The van der Waals surface area contributed by atoms with E-state index in [-0.39, 0.29) is 6.04 Å². The Morgan fingerprint density at radius 1 is 1.24 bits per heavy atom. The normalized spacial score (nSPS) is 12.2. The lowest BCUT2D eigenvalue weighted by molar-refractivity contribution is 0.353. The highest BCUT2D eigenvalue weighted by molar-refractivity contribution is 9.10. The maximum atomic E-state index is 6.40. The van der Waals surface area contributed by atoms with Crippen molar-refractivity contribution in [3.05, 3.63) is 45.3 Å². The minimum Gasteiger partial charge on any atom is -0.493 e. The van der Waals surface area contributed by atoms with Crippen LogP contribution in [0.15, 0.2) is 33.4 Å². The fourth-order valence-corrected chi connectivity index (χ4v) is 2.72.